The molecule has 0 saturated carbocycles. The van der Waals surface area contributed by atoms with Crippen LogP contribution in [0.25, 0.3) is 0 Å². The fraction of sp³-hybridized carbons (Fsp3) is 0.450. The molecule has 1 aromatic heterocycles. The molecule has 1 fully saturated rings. The third kappa shape index (κ3) is 4.01. The first kappa shape index (κ1) is 21.3. The molecule has 0 bridgehead atoms. The standard InChI is InChI=1S/C20H24FN5O4S/c1-24(13-5-8-25(9-6-13)20(27)28)18-15-7-10-26(19(15)23-12-22-18)17-4-3-14(11-16(17)21)31(2,29)30/h3-4,11-13H,5-10H2,1-2H3,(H,27,28). The highest BCUT2D eigenvalue weighted by atomic mass is 32.2. The maximum absolute atomic E-state index is 14.8. The molecule has 2 aromatic rings. The average molecular weight is 450 g/mol. The first-order chi connectivity index (χ1) is 14.7. The number of piperidine rings is 1. The number of halogens is 1. The van der Waals surface area contributed by atoms with Crippen LogP contribution >= 0.6 is 0 Å². The van der Waals surface area contributed by atoms with Gasteiger partial charge < -0.3 is 19.8 Å². The quantitative estimate of drug-likeness (QED) is 0.758. The number of aromatic nitrogens is 2. The van der Waals surface area contributed by atoms with E-state index in [1.807, 2.05) is 7.05 Å². The molecule has 0 atom stereocenters. The van der Waals surface area contributed by atoms with Crippen LogP contribution in [0.4, 0.5) is 26.5 Å². The Labute approximate surface area is 180 Å². The molecule has 1 aromatic carbocycles. The van der Waals surface area contributed by atoms with Crippen molar-refractivity contribution in [2.45, 2.75) is 30.2 Å². The molecule has 0 aliphatic carbocycles. The molecule has 1 amide bonds. The molecule has 11 heteroatoms. The molecule has 31 heavy (non-hydrogen) atoms. The Morgan fingerprint density at radius 1 is 1.23 bits per heavy atom. The van der Waals surface area contributed by atoms with E-state index >= 15 is 0 Å². The summed E-state index contributed by atoms with van der Waals surface area (Å²) in [5.41, 5.74) is 1.17. The SMILES string of the molecule is CN(c1ncnc2c1CCN2c1ccc(S(C)(=O)=O)cc1F)C1CCN(C(=O)O)CC1. The molecule has 0 unspecified atom stereocenters. The van der Waals surface area contributed by atoms with Gasteiger partial charge in [-0.05, 0) is 37.5 Å². The van der Waals surface area contributed by atoms with Crippen LogP contribution in [0.2, 0.25) is 0 Å². The zero-order valence-electron chi connectivity index (χ0n) is 17.3. The van der Waals surface area contributed by atoms with Gasteiger partial charge in [0.15, 0.2) is 9.84 Å². The van der Waals surface area contributed by atoms with Crippen molar-refractivity contribution in [1.29, 1.82) is 0 Å². The highest BCUT2D eigenvalue weighted by Gasteiger charge is 2.32. The molecule has 1 N–H and O–H groups in total. The number of fused-ring (bicyclic) bond motifs is 1. The Morgan fingerprint density at radius 2 is 1.94 bits per heavy atom. The summed E-state index contributed by atoms with van der Waals surface area (Å²) in [6.07, 6.45) is 3.61. The molecule has 2 aliphatic rings. The molecule has 2 aliphatic heterocycles. The van der Waals surface area contributed by atoms with Gasteiger partial charge in [0.25, 0.3) is 0 Å². The van der Waals surface area contributed by atoms with Crippen LogP contribution in [0.5, 0.6) is 0 Å². The number of hydrogen-bond acceptors (Lipinski definition) is 7. The number of sulfone groups is 1. The maximum Gasteiger partial charge on any atom is 0.407 e. The Kier molecular flexibility index (Phi) is 5.46. The summed E-state index contributed by atoms with van der Waals surface area (Å²) < 4.78 is 38.2. The Balaban J connectivity index is 1.60. The minimum absolute atomic E-state index is 0.0658. The molecule has 4 rings (SSSR count). The van der Waals surface area contributed by atoms with E-state index in [-0.39, 0.29) is 16.6 Å². The van der Waals surface area contributed by atoms with Crippen molar-refractivity contribution in [2.24, 2.45) is 0 Å². The van der Waals surface area contributed by atoms with Gasteiger partial charge in [-0.1, -0.05) is 0 Å². The van der Waals surface area contributed by atoms with Gasteiger partial charge in [0.2, 0.25) is 0 Å². The number of carbonyl (C=O) groups is 1. The van der Waals surface area contributed by atoms with Gasteiger partial charge in [0, 0.05) is 44.5 Å². The monoisotopic (exact) mass is 449 g/mol. The van der Waals surface area contributed by atoms with E-state index in [2.05, 4.69) is 14.9 Å². The van der Waals surface area contributed by atoms with Crippen molar-refractivity contribution in [3.05, 3.63) is 35.9 Å². The fourth-order valence-electron chi connectivity index (χ4n) is 4.27. The highest BCUT2D eigenvalue weighted by molar-refractivity contribution is 7.90. The van der Waals surface area contributed by atoms with E-state index in [1.165, 1.54) is 23.4 Å². The molecule has 3 heterocycles. The van der Waals surface area contributed by atoms with Gasteiger partial charge in [0.1, 0.15) is 23.8 Å². The van der Waals surface area contributed by atoms with Crippen LogP contribution in [0.15, 0.2) is 29.4 Å². The second kappa shape index (κ2) is 7.95. The number of carboxylic acid groups (broad SMARTS) is 1. The molecular weight excluding hydrogens is 425 g/mol. The summed E-state index contributed by atoms with van der Waals surface area (Å²) in [6, 6.07) is 4.05. The van der Waals surface area contributed by atoms with Gasteiger partial charge >= 0.3 is 6.09 Å². The van der Waals surface area contributed by atoms with Crippen molar-refractivity contribution in [3.8, 4) is 0 Å². The Hall–Kier alpha value is -2.95. The van der Waals surface area contributed by atoms with Crippen LogP contribution < -0.4 is 9.80 Å². The molecule has 0 radical (unpaired) electrons. The number of hydrogen-bond donors (Lipinski definition) is 1. The third-order valence-electron chi connectivity index (χ3n) is 6.00. The van der Waals surface area contributed by atoms with Crippen molar-refractivity contribution in [3.63, 3.8) is 0 Å². The van der Waals surface area contributed by atoms with Crippen LogP contribution in [-0.2, 0) is 16.3 Å². The van der Waals surface area contributed by atoms with Crippen LogP contribution in [0.3, 0.4) is 0 Å². The number of likely N-dealkylation sites (tertiary alicyclic amines) is 1. The topological polar surface area (TPSA) is 107 Å². The number of rotatable bonds is 4. The molecule has 0 spiro atoms. The first-order valence-corrected chi connectivity index (χ1v) is 11.9. The molecule has 9 nitrogen and oxygen atoms in total. The normalized spacial score (nSPS) is 17.0. The lowest BCUT2D eigenvalue weighted by Gasteiger charge is -2.36. The molecular formula is C20H24FN5O4S. The summed E-state index contributed by atoms with van der Waals surface area (Å²) in [6.45, 7) is 1.45. The van der Waals surface area contributed by atoms with E-state index < -0.39 is 21.7 Å². The van der Waals surface area contributed by atoms with E-state index in [4.69, 9.17) is 5.11 Å². The van der Waals surface area contributed by atoms with Gasteiger partial charge in [-0.2, -0.15) is 0 Å². The summed E-state index contributed by atoms with van der Waals surface area (Å²) in [5.74, 6) is 0.741. The second-order valence-corrected chi connectivity index (χ2v) is 9.91. The minimum atomic E-state index is -3.50. The second-order valence-electron chi connectivity index (χ2n) is 7.90. The first-order valence-electron chi connectivity index (χ1n) is 9.98. The van der Waals surface area contributed by atoms with Crippen molar-refractivity contribution in [1.82, 2.24) is 14.9 Å². The van der Waals surface area contributed by atoms with Crippen molar-refractivity contribution < 1.29 is 22.7 Å². The lowest BCUT2D eigenvalue weighted by Crippen LogP contribution is -2.45. The van der Waals surface area contributed by atoms with Gasteiger partial charge in [0.05, 0.1) is 10.6 Å². The summed E-state index contributed by atoms with van der Waals surface area (Å²) in [4.78, 5) is 25.1. The zero-order valence-corrected chi connectivity index (χ0v) is 18.1. The Bertz CT molecular complexity index is 1120. The van der Waals surface area contributed by atoms with Gasteiger partial charge in [-0.25, -0.2) is 27.6 Å². The van der Waals surface area contributed by atoms with E-state index in [9.17, 15) is 17.6 Å². The van der Waals surface area contributed by atoms with Crippen LogP contribution in [0, 0.1) is 5.82 Å². The van der Waals surface area contributed by atoms with E-state index in [0.717, 1.165) is 23.7 Å². The fourth-order valence-corrected chi connectivity index (χ4v) is 4.91. The van der Waals surface area contributed by atoms with E-state index in [1.54, 1.807) is 4.90 Å². The minimum Gasteiger partial charge on any atom is -0.465 e. The number of amides is 1. The maximum atomic E-state index is 14.8. The Morgan fingerprint density at radius 3 is 2.55 bits per heavy atom. The largest absolute Gasteiger partial charge is 0.465 e. The van der Waals surface area contributed by atoms with Crippen LogP contribution in [-0.4, -0.2) is 73.5 Å². The third-order valence-corrected chi connectivity index (χ3v) is 7.11. The summed E-state index contributed by atoms with van der Waals surface area (Å²) >= 11 is 0. The van der Waals surface area contributed by atoms with Gasteiger partial charge in [-0.3, -0.25) is 0 Å². The molecule has 1 saturated heterocycles. The smallest absolute Gasteiger partial charge is 0.407 e. The number of anilines is 3. The lowest BCUT2D eigenvalue weighted by molar-refractivity contribution is 0.132. The van der Waals surface area contributed by atoms with Crippen molar-refractivity contribution >= 4 is 33.3 Å². The summed E-state index contributed by atoms with van der Waals surface area (Å²) in [7, 11) is -1.56. The average Bonchev–Trinajstić information content (AvgIpc) is 3.16. The van der Waals surface area contributed by atoms with Gasteiger partial charge in [-0.15, -0.1) is 0 Å². The lowest BCUT2D eigenvalue weighted by atomic mass is 10.0. The zero-order chi connectivity index (χ0) is 22.3. The highest BCUT2D eigenvalue weighted by Crippen LogP contribution is 2.39. The summed E-state index contributed by atoms with van der Waals surface area (Å²) in [5, 5.41) is 9.15. The number of benzene rings is 1. The van der Waals surface area contributed by atoms with Crippen molar-refractivity contribution in [2.75, 3.05) is 42.7 Å². The predicted molar refractivity (Wildman–Crippen MR) is 113 cm³/mol. The van der Waals surface area contributed by atoms with E-state index in [0.29, 0.717) is 44.7 Å². The molecule has 166 valence electrons. The predicted octanol–water partition coefficient (Wildman–Crippen LogP) is 2.29. The number of nitrogens with zero attached hydrogens (tertiary/aromatic N) is 5. The van der Waals surface area contributed by atoms with Crippen LogP contribution in [0.1, 0.15) is 18.4 Å².